The normalized spacial score (nSPS) is 21.6. The number of thiophene rings is 1. The van der Waals surface area contributed by atoms with Crippen LogP contribution in [0.2, 0.25) is 4.34 Å². The SMILES string of the molecule is O=S(=O)(NCC1CCN(S(=O)(=O)C2CC2)CC1)c1ccc(Cl)s1. The highest BCUT2D eigenvalue weighted by atomic mass is 35.5. The van der Waals surface area contributed by atoms with E-state index in [1.54, 1.807) is 10.4 Å². The highest BCUT2D eigenvalue weighted by Gasteiger charge is 2.41. The second-order valence-electron chi connectivity index (χ2n) is 6.00. The van der Waals surface area contributed by atoms with Gasteiger partial charge in [-0.05, 0) is 43.7 Å². The molecule has 0 atom stereocenters. The number of nitrogens with zero attached hydrogens (tertiary/aromatic N) is 1. The molecule has 6 nitrogen and oxygen atoms in total. The van der Waals surface area contributed by atoms with E-state index in [1.807, 2.05) is 0 Å². The van der Waals surface area contributed by atoms with Crippen LogP contribution < -0.4 is 4.72 Å². The molecule has 0 unspecified atom stereocenters. The predicted molar refractivity (Wildman–Crippen MR) is 90.8 cm³/mol. The Kier molecular flexibility index (Phi) is 5.06. The van der Waals surface area contributed by atoms with E-state index in [9.17, 15) is 16.8 Å². The maximum absolute atomic E-state index is 12.2. The maximum Gasteiger partial charge on any atom is 0.250 e. The standard InChI is InChI=1S/C13H19ClN2O4S3/c14-12-3-4-13(21-12)22(17,18)15-9-10-5-7-16(8-6-10)23(19,20)11-1-2-11/h3-4,10-11,15H,1-2,5-9H2. The summed E-state index contributed by atoms with van der Waals surface area (Å²) in [5.41, 5.74) is 0. The van der Waals surface area contributed by atoms with Crippen molar-refractivity contribution < 1.29 is 16.8 Å². The zero-order valence-corrected chi connectivity index (χ0v) is 15.6. The van der Waals surface area contributed by atoms with Gasteiger partial charge in [0.25, 0.3) is 0 Å². The van der Waals surface area contributed by atoms with Gasteiger partial charge in [-0.15, -0.1) is 11.3 Å². The number of hydrogen-bond acceptors (Lipinski definition) is 5. The van der Waals surface area contributed by atoms with Crippen molar-refractivity contribution in [1.82, 2.24) is 9.03 Å². The molecule has 1 saturated heterocycles. The fourth-order valence-electron chi connectivity index (χ4n) is 2.69. The number of halogens is 1. The molecule has 3 rings (SSSR count). The number of rotatable bonds is 6. The van der Waals surface area contributed by atoms with E-state index >= 15 is 0 Å². The zero-order chi connectivity index (χ0) is 16.7. The largest absolute Gasteiger partial charge is 0.250 e. The summed E-state index contributed by atoms with van der Waals surface area (Å²) < 4.78 is 53.4. The van der Waals surface area contributed by atoms with Gasteiger partial charge in [0.05, 0.1) is 9.59 Å². The predicted octanol–water partition coefficient (Wildman–Crippen LogP) is 1.88. The molecule has 2 aliphatic rings. The van der Waals surface area contributed by atoms with E-state index in [2.05, 4.69) is 4.72 Å². The van der Waals surface area contributed by atoms with Crippen molar-refractivity contribution in [3.05, 3.63) is 16.5 Å². The molecule has 1 saturated carbocycles. The van der Waals surface area contributed by atoms with Crippen LogP contribution in [0, 0.1) is 5.92 Å². The Bertz CT molecular complexity index is 763. The molecular formula is C13H19ClN2O4S3. The van der Waals surface area contributed by atoms with Gasteiger partial charge in [0, 0.05) is 19.6 Å². The number of nitrogens with one attached hydrogen (secondary N) is 1. The van der Waals surface area contributed by atoms with Crippen LogP contribution >= 0.6 is 22.9 Å². The lowest BCUT2D eigenvalue weighted by Gasteiger charge is -2.31. The zero-order valence-electron chi connectivity index (χ0n) is 12.4. The molecule has 2 heterocycles. The van der Waals surface area contributed by atoms with Crippen LogP contribution in [0.5, 0.6) is 0 Å². The molecular weight excluding hydrogens is 380 g/mol. The van der Waals surface area contributed by atoms with Gasteiger partial charge >= 0.3 is 0 Å². The molecule has 1 N–H and O–H groups in total. The van der Waals surface area contributed by atoms with Crippen molar-refractivity contribution in [3.63, 3.8) is 0 Å². The summed E-state index contributed by atoms with van der Waals surface area (Å²) in [7, 11) is -6.65. The summed E-state index contributed by atoms with van der Waals surface area (Å²) in [5, 5.41) is -0.180. The highest BCUT2D eigenvalue weighted by Crippen LogP contribution is 2.33. The van der Waals surface area contributed by atoms with Crippen LogP contribution in [0.4, 0.5) is 0 Å². The Morgan fingerprint density at radius 3 is 2.30 bits per heavy atom. The summed E-state index contributed by atoms with van der Waals surface area (Å²) in [4.78, 5) is 0. The van der Waals surface area contributed by atoms with E-state index in [-0.39, 0.29) is 15.4 Å². The minimum Gasteiger partial charge on any atom is -0.212 e. The van der Waals surface area contributed by atoms with Crippen molar-refractivity contribution in [1.29, 1.82) is 0 Å². The molecule has 1 aliphatic carbocycles. The van der Waals surface area contributed by atoms with Crippen LogP contribution in [-0.2, 0) is 20.0 Å². The molecule has 1 aromatic heterocycles. The van der Waals surface area contributed by atoms with Crippen molar-refractivity contribution in [2.75, 3.05) is 19.6 Å². The lowest BCUT2D eigenvalue weighted by Crippen LogP contribution is -2.42. The second-order valence-corrected chi connectivity index (χ2v) is 11.9. The van der Waals surface area contributed by atoms with Gasteiger partial charge in [-0.25, -0.2) is 25.9 Å². The van der Waals surface area contributed by atoms with Crippen molar-refractivity contribution in [3.8, 4) is 0 Å². The smallest absolute Gasteiger partial charge is 0.212 e. The topological polar surface area (TPSA) is 83.6 Å². The van der Waals surface area contributed by atoms with Crippen LogP contribution in [0.3, 0.4) is 0 Å². The number of piperidine rings is 1. The van der Waals surface area contributed by atoms with Gasteiger partial charge in [-0.3, -0.25) is 0 Å². The fraction of sp³-hybridized carbons (Fsp3) is 0.692. The molecule has 23 heavy (non-hydrogen) atoms. The monoisotopic (exact) mass is 398 g/mol. The van der Waals surface area contributed by atoms with E-state index in [0.717, 1.165) is 24.2 Å². The van der Waals surface area contributed by atoms with E-state index < -0.39 is 20.0 Å². The van der Waals surface area contributed by atoms with E-state index in [4.69, 9.17) is 11.6 Å². The molecule has 0 spiro atoms. The third-order valence-electron chi connectivity index (χ3n) is 4.25. The van der Waals surface area contributed by atoms with Crippen LogP contribution in [0.15, 0.2) is 16.3 Å². The molecule has 130 valence electrons. The summed E-state index contributed by atoms with van der Waals surface area (Å²) in [5.74, 6) is 0.158. The van der Waals surface area contributed by atoms with Gasteiger partial charge in [-0.2, -0.15) is 0 Å². The first-order valence-electron chi connectivity index (χ1n) is 7.53. The average Bonchev–Trinajstić information content (AvgIpc) is 3.28. The summed E-state index contributed by atoms with van der Waals surface area (Å²) in [6.45, 7) is 1.29. The van der Waals surface area contributed by atoms with Gasteiger partial charge in [0.15, 0.2) is 0 Å². The first-order chi connectivity index (χ1) is 10.8. The second kappa shape index (κ2) is 6.61. The number of hydrogen-bond donors (Lipinski definition) is 1. The minimum absolute atomic E-state index is 0.158. The molecule has 1 aliphatic heterocycles. The molecule has 2 fully saturated rings. The van der Waals surface area contributed by atoms with Gasteiger partial charge < -0.3 is 0 Å². The lowest BCUT2D eigenvalue weighted by molar-refractivity contribution is 0.274. The van der Waals surface area contributed by atoms with Gasteiger partial charge in [0.1, 0.15) is 4.21 Å². The van der Waals surface area contributed by atoms with Crippen LogP contribution in [0.25, 0.3) is 0 Å². The van der Waals surface area contributed by atoms with E-state index in [0.29, 0.717) is 36.8 Å². The first kappa shape index (κ1) is 17.6. The van der Waals surface area contributed by atoms with Gasteiger partial charge in [0.2, 0.25) is 20.0 Å². The Hall–Kier alpha value is -0.190. The summed E-state index contributed by atoms with van der Waals surface area (Å²) in [6.07, 6.45) is 2.90. The third kappa shape index (κ3) is 4.08. The molecule has 0 bridgehead atoms. The maximum atomic E-state index is 12.2. The molecule has 0 aromatic carbocycles. The molecule has 0 radical (unpaired) electrons. The van der Waals surface area contributed by atoms with E-state index in [1.165, 1.54) is 6.07 Å². The van der Waals surface area contributed by atoms with Crippen molar-refractivity contribution >= 4 is 43.0 Å². The van der Waals surface area contributed by atoms with Crippen molar-refractivity contribution in [2.45, 2.75) is 35.1 Å². The quantitative estimate of drug-likeness (QED) is 0.793. The average molecular weight is 399 g/mol. The Labute approximate surface area is 145 Å². The molecule has 10 heteroatoms. The molecule has 1 aromatic rings. The Balaban J connectivity index is 1.51. The fourth-order valence-corrected chi connectivity index (χ4v) is 7.20. The minimum atomic E-state index is -3.53. The highest BCUT2D eigenvalue weighted by molar-refractivity contribution is 7.91. The Morgan fingerprint density at radius 2 is 1.78 bits per heavy atom. The van der Waals surface area contributed by atoms with Gasteiger partial charge in [-0.1, -0.05) is 11.6 Å². The third-order valence-corrected chi connectivity index (χ3v) is 9.80. The van der Waals surface area contributed by atoms with Crippen LogP contribution in [0.1, 0.15) is 25.7 Å². The summed E-state index contributed by atoms with van der Waals surface area (Å²) in [6, 6.07) is 3.04. The number of sulfonamides is 2. The molecule has 0 amide bonds. The first-order valence-corrected chi connectivity index (χ1v) is 11.7. The van der Waals surface area contributed by atoms with Crippen molar-refractivity contribution in [2.24, 2.45) is 5.92 Å². The lowest BCUT2D eigenvalue weighted by atomic mass is 9.99. The Morgan fingerprint density at radius 1 is 1.13 bits per heavy atom. The van der Waals surface area contributed by atoms with Crippen LogP contribution in [-0.4, -0.2) is 46.0 Å². The summed E-state index contributed by atoms with van der Waals surface area (Å²) >= 11 is 6.79.